The zero-order chi connectivity index (χ0) is 29.9. The van der Waals surface area contributed by atoms with Crippen molar-refractivity contribution in [1.29, 1.82) is 0 Å². The maximum Gasteiger partial charge on any atom is 0.416 e. The standard InChI is InChI=1S/C28H31F4N3O5S/c1-14-19-13-23(26(37)34-24(15-3-4-15)18-7-5-16(11-21(18)29)28(30,31)32)35(25(14)19)27(38)20-12-17(41(2,39)40)6-8-22(20)33-9-10-36/h5-8,11-12,14-15,19,23-25,33,36H,3-4,9-10,13H2,1-2H3,(H,34,37)/t14-,19+,23-,24-,25-/m1/s1. The second-order valence-corrected chi connectivity index (χ2v) is 13.2. The molecule has 1 heterocycles. The number of halogens is 4. The van der Waals surface area contributed by atoms with Crippen molar-refractivity contribution in [1.82, 2.24) is 10.2 Å². The van der Waals surface area contributed by atoms with Crippen molar-refractivity contribution in [2.24, 2.45) is 17.8 Å². The van der Waals surface area contributed by atoms with Gasteiger partial charge >= 0.3 is 6.18 Å². The summed E-state index contributed by atoms with van der Waals surface area (Å²) in [5.41, 5.74) is -0.829. The van der Waals surface area contributed by atoms with Crippen LogP contribution in [0.2, 0.25) is 0 Å². The summed E-state index contributed by atoms with van der Waals surface area (Å²) in [5.74, 6) is -2.16. The third-order valence-corrected chi connectivity index (χ3v) is 9.44. The second-order valence-electron chi connectivity index (χ2n) is 11.2. The number of hydrogen-bond acceptors (Lipinski definition) is 6. The average Bonchev–Trinajstić information content (AvgIpc) is 3.81. The Kier molecular flexibility index (Phi) is 7.56. The van der Waals surface area contributed by atoms with E-state index in [2.05, 4.69) is 10.6 Å². The van der Waals surface area contributed by atoms with E-state index < -0.39 is 51.3 Å². The maximum absolute atomic E-state index is 14.9. The van der Waals surface area contributed by atoms with Crippen LogP contribution < -0.4 is 10.6 Å². The van der Waals surface area contributed by atoms with Crippen LogP contribution in [0.4, 0.5) is 23.2 Å². The Labute approximate surface area is 235 Å². The quantitative estimate of drug-likeness (QED) is 0.379. The lowest BCUT2D eigenvalue weighted by molar-refractivity contribution is -0.137. The number of aliphatic hydroxyl groups is 1. The number of likely N-dealkylation sites (tertiary alicyclic amines) is 1. The van der Waals surface area contributed by atoms with E-state index in [1.165, 1.54) is 23.1 Å². The molecular formula is C28H31F4N3O5S. The number of benzene rings is 2. The van der Waals surface area contributed by atoms with Gasteiger partial charge in [-0.15, -0.1) is 0 Å². The monoisotopic (exact) mass is 597 g/mol. The molecule has 2 amide bonds. The number of fused-ring (bicyclic) bond motifs is 1. The maximum atomic E-state index is 14.9. The van der Waals surface area contributed by atoms with Crippen molar-refractivity contribution >= 4 is 27.3 Å². The topological polar surface area (TPSA) is 116 Å². The van der Waals surface area contributed by atoms with E-state index >= 15 is 0 Å². The Morgan fingerprint density at radius 1 is 1.15 bits per heavy atom. The van der Waals surface area contributed by atoms with Gasteiger partial charge in [0.25, 0.3) is 5.91 Å². The number of hydrogen-bond donors (Lipinski definition) is 3. The largest absolute Gasteiger partial charge is 0.416 e. The zero-order valence-corrected chi connectivity index (χ0v) is 23.2. The first-order valence-corrected chi connectivity index (χ1v) is 15.3. The molecule has 2 aliphatic carbocycles. The smallest absolute Gasteiger partial charge is 0.395 e. The molecule has 0 unspecified atom stereocenters. The van der Waals surface area contributed by atoms with Crippen LogP contribution in [0.15, 0.2) is 41.3 Å². The van der Waals surface area contributed by atoms with E-state index in [9.17, 15) is 40.7 Å². The molecular weight excluding hydrogens is 566 g/mol. The molecule has 0 aromatic heterocycles. The van der Waals surface area contributed by atoms with E-state index in [1.54, 1.807) is 0 Å². The summed E-state index contributed by atoms with van der Waals surface area (Å²) in [6, 6.07) is 4.26. The lowest BCUT2D eigenvalue weighted by Crippen LogP contribution is -2.49. The lowest BCUT2D eigenvalue weighted by Gasteiger charge is -2.31. The first-order valence-electron chi connectivity index (χ1n) is 13.4. The number of alkyl halides is 3. The van der Waals surface area contributed by atoms with Crippen molar-refractivity contribution in [3.63, 3.8) is 0 Å². The van der Waals surface area contributed by atoms with Crippen LogP contribution in [0.25, 0.3) is 0 Å². The highest BCUT2D eigenvalue weighted by atomic mass is 32.2. The third kappa shape index (κ3) is 5.78. The number of amides is 2. The molecule has 1 aliphatic heterocycles. The predicted octanol–water partition coefficient (Wildman–Crippen LogP) is 3.77. The third-order valence-electron chi connectivity index (χ3n) is 8.33. The number of nitrogens with one attached hydrogen (secondary N) is 2. The molecule has 1 saturated heterocycles. The summed E-state index contributed by atoms with van der Waals surface area (Å²) in [5, 5.41) is 15.0. The van der Waals surface area contributed by atoms with E-state index in [0.717, 1.165) is 18.4 Å². The molecule has 5 rings (SSSR count). The van der Waals surface area contributed by atoms with Crippen molar-refractivity contribution in [2.75, 3.05) is 24.7 Å². The molecule has 222 valence electrons. The highest BCUT2D eigenvalue weighted by Crippen LogP contribution is 2.54. The Hall–Kier alpha value is -3.19. The minimum atomic E-state index is -4.71. The van der Waals surface area contributed by atoms with Gasteiger partial charge in [-0.1, -0.05) is 13.0 Å². The highest BCUT2D eigenvalue weighted by molar-refractivity contribution is 7.90. The fourth-order valence-electron chi connectivity index (χ4n) is 5.92. The molecule has 41 heavy (non-hydrogen) atoms. The van der Waals surface area contributed by atoms with Crippen molar-refractivity contribution < 1.29 is 40.7 Å². The molecule has 0 spiro atoms. The van der Waals surface area contributed by atoms with Gasteiger partial charge in [-0.3, -0.25) is 9.59 Å². The lowest BCUT2D eigenvalue weighted by atomic mass is 9.98. The minimum absolute atomic E-state index is 0.0338. The SMILES string of the molecule is C[C@@H]1[C@@H]2C[C@H](C(=O)N[C@@H](c3ccc(C(F)(F)F)cc3F)C3CC3)N(C(=O)c3cc(S(C)(=O)=O)ccc3NCCO)[C@H]12. The molecule has 2 saturated carbocycles. The van der Waals surface area contributed by atoms with E-state index in [0.29, 0.717) is 31.0 Å². The Morgan fingerprint density at radius 2 is 1.85 bits per heavy atom. The molecule has 3 N–H and O–H groups in total. The average molecular weight is 598 g/mol. The van der Waals surface area contributed by atoms with Crippen LogP contribution in [0.5, 0.6) is 0 Å². The Balaban J connectivity index is 1.44. The first kappa shape index (κ1) is 29.3. The van der Waals surface area contributed by atoms with E-state index in [1.807, 2.05) is 6.92 Å². The zero-order valence-electron chi connectivity index (χ0n) is 22.4. The van der Waals surface area contributed by atoms with Crippen molar-refractivity contribution in [3.8, 4) is 0 Å². The summed E-state index contributed by atoms with van der Waals surface area (Å²) >= 11 is 0. The van der Waals surface area contributed by atoms with Gasteiger partial charge in [-0.05, 0) is 67.3 Å². The van der Waals surface area contributed by atoms with Gasteiger partial charge < -0.3 is 20.6 Å². The number of carbonyl (C=O) groups excluding carboxylic acids is 2. The summed E-state index contributed by atoms with van der Waals surface area (Å²) < 4.78 is 78.6. The minimum Gasteiger partial charge on any atom is -0.395 e. The Bertz CT molecular complexity index is 1480. The van der Waals surface area contributed by atoms with Crippen molar-refractivity contribution in [2.45, 2.75) is 55.4 Å². The van der Waals surface area contributed by atoms with E-state index in [-0.39, 0.29) is 53.0 Å². The van der Waals surface area contributed by atoms with Gasteiger partial charge in [0.2, 0.25) is 5.91 Å². The number of sulfone groups is 1. The van der Waals surface area contributed by atoms with Gasteiger partial charge in [-0.25, -0.2) is 12.8 Å². The van der Waals surface area contributed by atoms with Crippen LogP contribution in [0.1, 0.15) is 53.7 Å². The number of rotatable bonds is 9. The molecule has 3 fully saturated rings. The fraction of sp³-hybridized carbons (Fsp3) is 0.500. The van der Waals surface area contributed by atoms with Crippen LogP contribution in [0.3, 0.4) is 0 Å². The summed E-state index contributed by atoms with van der Waals surface area (Å²) in [4.78, 5) is 29.0. The molecule has 5 atom stereocenters. The number of carbonyl (C=O) groups is 2. The first-order chi connectivity index (χ1) is 19.2. The molecule has 2 aromatic rings. The molecule has 3 aliphatic rings. The van der Waals surface area contributed by atoms with Gasteiger partial charge in [0.15, 0.2) is 9.84 Å². The van der Waals surface area contributed by atoms with Crippen LogP contribution in [-0.4, -0.2) is 61.7 Å². The number of piperidine rings is 1. The van der Waals surface area contributed by atoms with Gasteiger partial charge in [0.1, 0.15) is 11.9 Å². The molecule has 8 nitrogen and oxygen atoms in total. The van der Waals surface area contributed by atoms with Crippen LogP contribution >= 0.6 is 0 Å². The summed E-state index contributed by atoms with van der Waals surface area (Å²) in [6.07, 6.45) is -2.01. The summed E-state index contributed by atoms with van der Waals surface area (Å²) in [7, 11) is -3.66. The highest BCUT2D eigenvalue weighted by Gasteiger charge is 2.62. The number of nitrogens with zero attached hydrogens (tertiary/aromatic N) is 1. The van der Waals surface area contributed by atoms with Gasteiger partial charge in [0.05, 0.1) is 28.7 Å². The molecule has 0 radical (unpaired) electrons. The number of anilines is 1. The van der Waals surface area contributed by atoms with Gasteiger partial charge in [0, 0.05) is 30.1 Å². The molecule has 0 bridgehead atoms. The summed E-state index contributed by atoms with van der Waals surface area (Å²) in [6.45, 7) is 1.82. The molecule has 13 heteroatoms. The van der Waals surface area contributed by atoms with Crippen LogP contribution in [0, 0.1) is 23.6 Å². The predicted molar refractivity (Wildman–Crippen MR) is 141 cm³/mol. The molecule has 2 aromatic carbocycles. The van der Waals surface area contributed by atoms with Crippen LogP contribution in [-0.2, 0) is 20.8 Å². The van der Waals surface area contributed by atoms with Crippen molar-refractivity contribution in [3.05, 3.63) is 58.9 Å². The van der Waals surface area contributed by atoms with Gasteiger partial charge in [-0.2, -0.15) is 13.2 Å². The second kappa shape index (κ2) is 10.6. The number of aliphatic hydroxyl groups excluding tert-OH is 1. The van der Waals surface area contributed by atoms with E-state index in [4.69, 9.17) is 0 Å². The normalized spacial score (nSPS) is 24.5. The Morgan fingerprint density at radius 3 is 2.44 bits per heavy atom. The fourth-order valence-corrected chi connectivity index (χ4v) is 6.57.